The first-order valence-electron chi connectivity index (χ1n) is 9.61. The van der Waals surface area contributed by atoms with Gasteiger partial charge >= 0.3 is 5.97 Å². The maximum atomic E-state index is 11.0. The number of rotatable bonds is 16. The van der Waals surface area contributed by atoms with Crippen LogP contribution in [0.3, 0.4) is 0 Å². The van der Waals surface area contributed by atoms with Crippen LogP contribution in [0.5, 0.6) is 0 Å². The van der Waals surface area contributed by atoms with Crippen LogP contribution in [0.1, 0.15) is 96.8 Å². The minimum atomic E-state index is -0.0863. The Morgan fingerprint density at radius 2 is 1.43 bits per heavy atom. The molecule has 134 valence electrons. The lowest BCUT2D eigenvalue weighted by molar-refractivity contribution is -0.140. The first kappa shape index (κ1) is 21.9. The molecule has 2 heteroatoms. The highest BCUT2D eigenvalue weighted by atomic mass is 16.5. The van der Waals surface area contributed by atoms with Crippen molar-refractivity contribution in [2.45, 2.75) is 96.8 Å². The van der Waals surface area contributed by atoms with Crippen LogP contribution >= 0.6 is 0 Å². The molecule has 0 heterocycles. The summed E-state index contributed by atoms with van der Waals surface area (Å²) < 4.78 is 4.63. The van der Waals surface area contributed by atoms with Crippen LogP contribution in [0.25, 0.3) is 0 Å². The van der Waals surface area contributed by atoms with E-state index in [1.165, 1.54) is 70.5 Å². The molecule has 2 nitrogen and oxygen atoms in total. The second-order valence-corrected chi connectivity index (χ2v) is 6.46. The summed E-state index contributed by atoms with van der Waals surface area (Å²) in [6.07, 6.45) is 21.2. The lowest BCUT2D eigenvalue weighted by Crippen LogP contribution is -1.99. The van der Waals surface area contributed by atoms with E-state index in [1.54, 1.807) is 0 Å². The van der Waals surface area contributed by atoms with Gasteiger partial charge in [0.15, 0.2) is 0 Å². The Balaban J connectivity index is 3.32. The zero-order chi connectivity index (χ0) is 17.2. The maximum absolute atomic E-state index is 11.0. The van der Waals surface area contributed by atoms with Gasteiger partial charge in [0, 0.05) is 6.42 Å². The minimum absolute atomic E-state index is 0.0863. The van der Waals surface area contributed by atoms with Crippen molar-refractivity contribution in [3.05, 3.63) is 24.3 Å². The van der Waals surface area contributed by atoms with Crippen LogP contribution in [0, 0.1) is 0 Å². The minimum Gasteiger partial charge on any atom is -0.469 e. The van der Waals surface area contributed by atoms with E-state index in [-0.39, 0.29) is 5.97 Å². The van der Waals surface area contributed by atoms with Crippen molar-refractivity contribution in [3.63, 3.8) is 0 Å². The van der Waals surface area contributed by atoms with Gasteiger partial charge in [-0.15, -0.1) is 0 Å². The van der Waals surface area contributed by atoms with Crippen molar-refractivity contribution >= 4 is 5.97 Å². The lowest BCUT2D eigenvalue weighted by atomic mass is 10.0. The smallest absolute Gasteiger partial charge is 0.305 e. The third-order valence-electron chi connectivity index (χ3n) is 4.18. The molecular formula is C21H38O2. The van der Waals surface area contributed by atoms with Gasteiger partial charge in [-0.25, -0.2) is 0 Å². The van der Waals surface area contributed by atoms with Crippen LogP contribution in [0.4, 0.5) is 0 Å². The zero-order valence-corrected chi connectivity index (χ0v) is 15.6. The SMILES string of the molecule is C=C(/C=C/CCCCCCCC(=O)OC)CCCCCCCC. The third-order valence-corrected chi connectivity index (χ3v) is 4.18. The molecule has 0 saturated carbocycles. The van der Waals surface area contributed by atoms with Gasteiger partial charge in [0.2, 0.25) is 0 Å². The Hall–Kier alpha value is -1.05. The molecule has 0 N–H and O–H groups in total. The largest absolute Gasteiger partial charge is 0.469 e. The lowest BCUT2D eigenvalue weighted by Gasteiger charge is -2.02. The van der Waals surface area contributed by atoms with E-state index in [9.17, 15) is 4.79 Å². The molecule has 23 heavy (non-hydrogen) atoms. The molecule has 0 atom stereocenters. The van der Waals surface area contributed by atoms with Gasteiger partial charge in [0.05, 0.1) is 7.11 Å². The zero-order valence-electron chi connectivity index (χ0n) is 15.6. The average molecular weight is 323 g/mol. The van der Waals surface area contributed by atoms with Gasteiger partial charge in [-0.2, -0.15) is 0 Å². The Morgan fingerprint density at radius 1 is 0.870 bits per heavy atom. The highest BCUT2D eigenvalue weighted by molar-refractivity contribution is 5.68. The summed E-state index contributed by atoms with van der Waals surface area (Å²) in [6.45, 7) is 6.40. The molecular weight excluding hydrogens is 284 g/mol. The summed E-state index contributed by atoms with van der Waals surface area (Å²) in [5.74, 6) is -0.0863. The van der Waals surface area contributed by atoms with Gasteiger partial charge in [-0.05, 0) is 32.1 Å². The molecule has 0 aromatic rings. The Morgan fingerprint density at radius 3 is 2.09 bits per heavy atom. The van der Waals surface area contributed by atoms with Gasteiger partial charge < -0.3 is 4.74 Å². The fourth-order valence-electron chi connectivity index (χ4n) is 2.63. The topological polar surface area (TPSA) is 26.3 Å². The summed E-state index contributed by atoms with van der Waals surface area (Å²) >= 11 is 0. The first-order chi connectivity index (χ1) is 11.2. The van der Waals surface area contributed by atoms with Gasteiger partial charge in [-0.1, -0.05) is 82.6 Å². The second-order valence-electron chi connectivity index (χ2n) is 6.46. The van der Waals surface area contributed by atoms with E-state index >= 15 is 0 Å². The van der Waals surface area contributed by atoms with E-state index in [1.807, 2.05) is 0 Å². The predicted molar refractivity (Wildman–Crippen MR) is 101 cm³/mol. The summed E-state index contributed by atoms with van der Waals surface area (Å²) in [6, 6.07) is 0. The third kappa shape index (κ3) is 17.1. The van der Waals surface area contributed by atoms with E-state index in [4.69, 9.17) is 0 Å². The van der Waals surface area contributed by atoms with Crippen LogP contribution in [0.15, 0.2) is 24.3 Å². The van der Waals surface area contributed by atoms with Gasteiger partial charge in [-0.3, -0.25) is 4.79 Å². The van der Waals surface area contributed by atoms with Gasteiger partial charge in [0.25, 0.3) is 0 Å². The van der Waals surface area contributed by atoms with Gasteiger partial charge in [0.1, 0.15) is 0 Å². The van der Waals surface area contributed by atoms with Crippen molar-refractivity contribution in [2.24, 2.45) is 0 Å². The van der Waals surface area contributed by atoms with Crippen molar-refractivity contribution < 1.29 is 9.53 Å². The summed E-state index contributed by atoms with van der Waals surface area (Å²) in [7, 11) is 1.45. The molecule has 0 bridgehead atoms. The molecule has 0 rings (SSSR count). The number of esters is 1. The fraction of sp³-hybridized carbons (Fsp3) is 0.762. The van der Waals surface area contributed by atoms with E-state index in [0.29, 0.717) is 6.42 Å². The number of allylic oxidation sites excluding steroid dienone is 3. The second kappa shape index (κ2) is 17.3. The van der Waals surface area contributed by atoms with Crippen molar-refractivity contribution in [2.75, 3.05) is 7.11 Å². The average Bonchev–Trinajstić information content (AvgIpc) is 2.56. The van der Waals surface area contributed by atoms with Crippen LogP contribution in [-0.4, -0.2) is 13.1 Å². The quantitative estimate of drug-likeness (QED) is 0.178. The van der Waals surface area contributed by atoms with E-state index < -0.39 is 0 Å². The van der Waals surface area contributed by atoms with E-state index in [0.717, 1.165) is 25.7 Å². The molecule has 0 saturated heterocycles. The molecule has 0 spiro atoms. The first-order valence-corrected chi connectivity index (χ1v) is 9.61. The molecule has 0 aliphatic carbocycles. The van der Waals surface area contributed by atoms with Crippen LogP contribution in [-0.2, 0) is 9.53 Å². The molecule has 0 aromatic carbocycles. The Kier molecular flexibility index (Phi) is 16.5. The van der Waals surface area contributed by atoms with Crippen LogP contribution in [0.2, 0.25) is 0 Å². The number of carbonyl (C=O) groups excluding carboxylic acids is 1. The molecule has 0 amide bonds. The van der Waals surface area contributed by atoms with Crippen LogP contribution < -0.4 is 0 Å². The normalized spacial score (nSPS) is 11.0. The van der Waals surface area contributed by atoms with Crippen molar-refractivity contribution in [1.82, 2.24) is 0 Å². The highest BCUT2D eigenvalue weighted by Crippen LogP contribution is 2.13. The number of methoxy groups -OCH3 is 1. The number of unbranched alkanes of at least 4 members (excludes halogenated alkanes) is 10. The predicted octanol–water partition coefficient (Wildman–Crippen LogP) is 6.75. The standard InChI is InChI=1S/C21H38O2/c1-4-5-6-7-11-14-17-20(2)18-15-12-9-8-10-13-16-19-21(22)23-3/h15,18H,2,4-14,16-17,19H2,1,3H3/b18-15+. The van der Waals surface area contributed by atoms with E-state index in [2.05, 4.69) is 30.4 Å². The number of ether oxygens (including phenoxy) is 1. The summed E-state index contributed by atoms with van der Waals surface area (Å²) in [5, 5.41) is 0. The highest BCUT2D eigenvalue weighted by Gasteiger charge is 1.98. The Bertz CT molecular complexity index is 318. The summed E-state index contributed by atoms with van der Waals surface area (Å²) in [5.41, 5.74) is 1.28. The molecule has 0 radical (unpaired) electrons. The molecule has 0 aliphatic heterocycles. The number of hydrogen-bond donors (Lipinski definition) is 0. The molecule has 0 fully saturated rings. The molecule has 0 aliphatic rings. The number of carbonyl (C=O) groups is 1. The fourth-order valence-corrected chi connectivity index (χ4v) is 2.63. The number of hydrogen-bond acceptors (Lipinski definition) is 2. The summed E-state index contributed by atoms with van der Waals surface area (Å²) in [4.78, 5) is 11.0. The molecule has 0 aromatic heterocycles. The Labute approximate surface area is 144 Å². The monoisotopic (exact) mass is 322 g/mol. The molecule has 0 unspecified atom stereocenters. The van der Waals surface area contributed by atoms with Crippen molar-refractivity contribution in [1.29, 1.82) is 0 Å². The van der Waals surface area contributed by atoms with Crippen molar-refractivity contribution in [3.8, 4) is 0 Å². The maximum Gasteiger partial charge on any atom is 0.305 e.